The van der Waals surface area contributed by atoms with Gasteiger partial charge in [0.15, 0.2) is 0 Å². The molecule has 0 heterocycles. The van der Waals surface area contributed by atoms with Gasteiger partial charge in [0.25, 0.3) is 0 Å². The van der Waals surface area contributed by atoms with Crippen LogP contribution < -0.4 is 11.5 Å². The second kappa shape index (κ2) is 6.95. The van der Waals surface area contributed by atoms with Gasteiger partial charge in [0.2, 0.25) is 0 Å². The molecular formula is C21H38N2O2. The summed E-state index contributed by atoms with van der Waals surface area (Å²) in [6.45, 7) is 7.40. The first kappa shape index (κ1) is 19.3. The molecule has 0 aromatic carbocycles. The predicted molar refractivity (Wildman–Crippen MR) is 102 cm³/mol. The summed E-state index contributed by atoms with van der Waals surface area (Å²) in [6, 6.07) is 0.0919. The highest BCUT2D eigenvalue weighted by molar-refractivity contribution is 5.29. The van der Waals surface area contributed by atoms with Crippen molar-refractivity contribution in [3.63, 3.8) is 0 Å². The molecule has 0 radical (unpaired) electrons. The molecule has 0 bridgehead atoms. The van der Waals surface area contributed by atoms with E-state index in [4.69, 9.17) is 11.5 Å². The average Bonchev–Trinajstić information content (AvgIpc) is 2.82. The lowest BCUT2D eigenvalue weighted by Crippen LogP contribution is -2.53. The lowest BCUT2D eigenvalue weighted by molar-refractivity contribution is -0.119. The molecule has 0 spiro atoms. The van der Waals surface area contributed by atoms with Gasteiger partial charge in [0, 0.05) is 6.04 Å². The lowest BCUT2D eigenvalue weighted by Gasteiger charge is -2.55. The summed E-state index contributed by atoms with van der Waals surface area (Å²) in [4.78, 5) is 0. The fraction of sp³-hybridized carbons (Fsp3) is 0.905. The maximum atomic E-state index is 11.4. The third-order valence-corrected chi connectivity index (χ3v) is 8.36. The molecule has 4 heteroatoms. The van der Waals surface area contributed by atoms with Crippen molar-refractivity contribution in [3.8, 4) is 0 Å². The molecule has 3 aliphatic carbocycles. The van der Waals surface area contributed by atoms with Gasteiger partial charge >= 0.3 is 0 Å². The van der Waals surface area contributed by atoms with Gasteiger partial charge in [-0.1, -0.05) is 25.5 Å². The largest absolute Gasteiger partial charge is 0.393 e. The highest BCUT2D eigenvalue weighted by Crippen LogP contribution is 2.61. The van der Waals surface area contributed by atoms with Crippen LogP contribution in [-0.4, -0.2) is 35.0 Å². The topological polar surface area (TPSA) is 92.5 Å². The van der Waals surface area contributed by atoms with Crippen LogP contribution >= 0.6 is 0 Å². The van der Waals surface area contributed by atoms with Gasteiger partial charge in [-0.3, -0.25) is 0 Å². The minimum absolute atomic E-state index is 0.0536. The van der Waals surface area contributed by atoms with E-state index in [9.17, 15) is 10.2 Å². The molecule has 3 fully saturated rings. The first-order valence-electron chi connectivity index (χ1n) is 10.3. The third kappa shape index (κ3) is 2.99. The van der Waals surface area contributed by atoms with Gasteiger partial charge in [-0.05, 0) is 87.0 Å². The van der Waals surface area contributed by atoms with E-state index < -0.39 is 0 Å². The van der Waals surface area contributed by atoms with E-state index >= 15 is 0 Å². The second-order valence-electron chi connectivity index (χ2n) is 9.45. The van der Waals surface area contributed by atoms with E-state index in [1.807, 2.05) is 0 Å². The van der Waals surface area contributed by atoms with Crippen LogP contribution in [0, 0.1) is 28.6 Å². The van der Waals surface area contributed by atoms with Crippen LogP contribution in [0.3, 0.4) is 0 Å². The summed E-state index contributed by atoms with van der Waals surface area (Å²) in [5.41, 5.74) is 13.8. The zero-order valence-corrected chi connectivity index (χ0v) is 16.2. The fourth-order valence-corrected chi connectivity index (χ4v) is 6.85. The summed E-state index contributed by atoms with van der Waals surface area (Å²) in [5.74, 6) is 0.953. The molecule has 3 unspecified atom stereocenters. The Morgan fingerprint density at radius 3 is 2.48 bits per heavy atom. The van der Waals surface area contributed by atoms with Crippen molar-refractivity contribution >= 4 is 0 Å². The third-order valence-electron chi connectivity index (χ3n) is 8.36. The Balaban J connectivity index is 1.87. The zero-order valence-electron chi connectivity index (χ0n) is 16.2. The minimum Gasteiger partial charge on any atom is -0.393 e. The quantitative estimate of drug-likeness (QED) is 0.589. The molecule has 144 valence electrons. The molecule has 0 aliphatic heterocycles. The fourth-order valence-electron chi connectivity index (χ4n) is 6.85. The van der Waals surface area contributed by atoms with Crippen LogP contribution in [-0.2, 0) is 0 Å². The van der Waals surface area contributed by atoms with E-state index in [1.54, 1.807) is 0 Å². The summed E-state index contributed by atoms with van der Waals surface area (Å²) >= 11 is 0. The summed E-state index contributed by atoms with van der Waals surface area (Å²) in [5, 5.41) is 21.6. The van der Waals surface area contributed by atoms with E-state index in [-0.39, 0.29) is 40.9 Å². The number of fused-ring (bicyclic) bond motifs is 1. The van der Waals surface area contributed by atoms with Crippen LogP contribution in [0.15, 0.2) is 11.6 Å². The molecule has 0 amide bonds. The monoisotopic (exact) mass is 350 g/mol. The van der Waals surface area contributed by atoms with Gasteiger partial charge in [-0.15, -0.1) is 0 Å². The molecule has 3 saturated carbocycles. The highest BCUT2D eigenvalue weighted by atomic mass is 16.3. The van der Waals surface area contributed by atoms with Gasteiger partial charge in [-0.25, -0.2) is 0 Å². The minimum atomic E-state index is -0.303. The Bertz CT molecular complexity index is 522. The van der Waals surface area contributed by atoms with Crippen LogP contribution in [0.2, 0.25) is 0 Å². The van der Waals surface area contributed by atoms with Crippen molar-refractivity contribution in [1.29, 1.82) is 0 Å². The van der Waals surface area contributed by atoms with Crippen molar-refractivity contribution in [2.45, 2.75) is 84.0 Å². The summed E-state index contributed by atoms with van der Waals surface area (Å²) < 4.78 is 0. The molecule has 6 N–H and O–H groups in total. The molecule has 25 heavy (non-hydrogen) atoms. The molecule has 4 nitrogen and oxygen atoms in total. The number of hydrogen-bond acceptors (Lipinski definition) is 4. The molecule has 0 saturated heterocycles. The number of allylic oxidation sites excluding steroid dienone is 1. The SMILES string of the molecule is CC=C1C(N)CC2[C@H](O)C([C@@]3(C)CC[C@H](O)C[C@@H]3CCN)CC[C@]12C. The van der Waals surface area contributed by atoms with Gasteiger partial charge in [0.05, 0.1) is 12.2 Å². The van der Waals surface area contributed by atoms with Crippen molar-refractivity contribution in [2.24, 2.45) is 40.1 Å². The summed E-state index contributed by atoms with van der Waals surface area (Å²) in [6.07, 6.45) is 8.35. The maximum Gasteiger partial charge on any atom is 0.0610 e. The first-order chi connectivity index (χ1) is 11.8. The normalized spacial score (nSPS) is 52.4. The number of nitrogens with two attached hydrogens (primary N) is 2. The van der Waals surface area contributed by atoms with E-state index in [0.717, 1.165) is 44.9 Å². The molecule has 3 rings (SSSR count). The first-order valence-corrected chi connectivity index (χ1v) is 10.3. The average molecular weight is 351 g/mol. The molecule has 8 atom stereocenters. The van der Waals surface area contributed by atoms with Gasteiger partial charge in [0.1, 0.15) is 0 Å². The smallest absolute Gasteiger partial charge is 0.0610 e. The molecule has 3 aliphatic rings. The van der Waals surface area contributed by atoms with E-state index in [0.29, 0.717) is 12.5 Å². The number of hydrogen-bond donors (Lipinski definition) is 4. The van der Waals surface area contributed by atoms with Crippen LogP contribution in [0.1, 0.15) is 65.7 Å². The Kier molecular flexibility index (Phi) is 5.38. The zero-order chi connectivity index (χ0) is 18.4. The standard InChI is InChI=1S/C21H38N2O2/c1-4-15-18(23)12-17-19(25)16(6-9-21(15,17)3)20(2)8-5-14(24)11-13(20)7-10-22/h4,13-14,16-19,24-25H,5-12,22-23H2,1-3H3/t13-,14-,16?,17?,18?,19+,20-,21+/m0/s1. The maximum absolute atomic E-state index is 11.4. The van der Waals surface area contributed by atoms with Crippen LogP contribution in [0.25, 0.3) is 0 Å². The van der Waals surface area contributed by atoms with Gasteiger partial charge in [-0.2, -0.15) is 0 Å². The predicted octanol–water partition coefficient (Wildman–Crippen LogP) is 2.57. The number of aliphatic hydroxyl groups excluding tert-OH is 2. The van der Waals surface area contributed by atoms with Crippen LogP contribution in [0.4, 0.5) is 0 Å². The Labute approximate surface area is 153 Å². The highest BCUT2D eigenvalue weighted by Gasteiger charge is 2.58. The van der Waals surface area contributed by atoms with Crippen molar-refractivity contribution < 1.29 is 10.2 Å². The lowest BCUT2D eigenvalue weighted by atomic mass is 9.51. The second-order valence-corrected chi connectivity index (χ2v) is 9.45. The van der Waals surface area contributed by atoms with Crippen molar-refractivity contribution in [2.75, 3.05) is 6.54 Å². The summed E-state index contributed by atoms with van der Waals surface area (Å²) in [7, 11) is 0. The Hall–Kier alpha value is -0.420. The molecular weight excluding hydrogens is 312 g/mol. The van der Waals surface area contributed by atoms with E-state index in [2.05, 4.69) is 26.8 Å². The van der Waals surface area contributed by atoms with Crippen molar-refractivity contribution in [1.82, 2.24) is 0 Å². The molecule has 0 aromatic heterocycles. The number of aliphatic hydroxyl groups is 2. The molecule has 0 aromatic rings. The Morgan fingerprint density at radius 2 is 1.84 bits per heavy atom. The number of rotatable bonds is 3. The Morgan fingerprint density at radius 1 is 1.12 bits per heavy atom. The van der Waals surface area contributed by atoms with Gasteiger partial charge < -0.3 is 21.7 Å². The van der Waals surface area contributed by atoms with E-state index in [1.165, 1.54) is 5.57 Å². The van der Waals surface area contributed by atoms with Crippen molar-refractivity contribution in [3.05, 3.63) is 11.6 Å². The van der Waals surface area contributed by atoms with Crippen LogP contribution in [0.5, 0.6) is 0 Å².